The van der Waals surface area contributed by atoms with E-state index in [2.05, 4.69) is 16.3 Å². The van der Waals surface area contributed by atoms with Crippen molar-refractivity contribution in [2.45, 2.75) is 25.2 Å². The second kappa shape index (κ2) is 8.92. The monoisotopic (exact) mass is 447 g/mol. The van der Waals surface area contributed by atoms with Gasteiger partial charge in [0.15, 0.2) is 5.75 Å². The zero-order valence-electron chi connectivity index (χ0n) is 17.7. The van der Waals surface area contributed by atoms with Gasteiger partial charge in [-0.2, -0.15) is 5.26 Å². The molecule has 1 aliphatic heterocycles. The van der Waals surface area contributed by atoms with Gasteiger partial charge in [0.1, 0.15) is 11.6 Å². The van der Waals surface area contributed by atoms with Crippen LogP contribution in [0.3, 0.4) is 0 Å². The lowest BCUT2D eigenvalue weighted by Gasteiger charge is -2.24. The fraction of sp³-hybridized carbons (Fsp3) is 0.217. The molecule has 0 amide bonds. The standard InChI is InChI=1S/C23H21N5O5/c1-32-18-11-14(10-17(21(18)29)28(30)31)19-15(12-24)22(25)33-23-20(19)16(26-27-23)9-5-8-13-6-3-2-4-7-13/h2-4,6-7,10-11,19,29H,5,8-9,25H2,1H3,(H,26,27). The number of ether oxygens (including phenoxy) is 2. The minimum atomic E-state index is -0.780. The molecule has 0 bridgehead atoms. The number of nitrogens with two attached hydrogens (primary N) is 1. The van der Waals surface area contributed by atoms with Crippen LogP contribution in [0.25, 0.3) is 0 Å². The number of nitrogens with zero attached hydrogens (tertiary/aromatic N) is 3. The number of aromatic amines is 1. The number of aromatic nitrogens is 2. The highest BCUT2D eigenvalue weighted by atomic mass is 16.6. The summed E-state index contributed by atoms with van der Waals surface area (Å²) in [5.41, 5.74) is 8.40. The van der Waals surface area contributed by atoms with Gasteiger partial charge in [0.25, 0.3) is 0 Å². The Morgan fingerprint density at radius 3 is 2.76 bits per heavy atom. The Balaban J connectivity index is 1.76. The molecule has 3 aromatic rings. The van der Waals surface area contributed by atoms with Crippen LogP contribution in [0, 0.1) is 21.4 Å². The highest BCUT2D eigenvalue weighted by Gasteiger charge is 2.37. The Hall–Kier alpha value is -4.52. The zero-order chi connectivity index (χ0) is 23.5. The van der Waals surface area contributed by atoms with Crippen molar-refractivity contribution < 1.29 is 19.5 Å². The highest BCUT2D eigenvalue weighted by molar-refractivity contribution is 5.63. The maximum absolute atomic E-state index is 11.5. The molecule has 0 aliphatic carbocycles. The van der Waals surface area contributed by atoms with Crippen molar-refractivity contribution in [1.29, 1.82) is 5.26 Å². The van der Waals surface area contributed by atoms with Gasteiger partial charge < -0.3 is 20.3 Å². The number of allylic oxidation sites excluding steroid dienone is 1. The third-order valence-corrected chi connectivity index (χ3v) is 5.58. The molecule has 2 aromatic carbocycles. The van der Waals surface area contributed by atoms with Crippen LogP contribution < -0.4 is 15.2 Å². The smallest absolute Gasteiger partial charge is 0.314 e. The molecule has 0 saturated carbocycles. The number of methoxy groups -OCH3 is 1. The van der Waals surface area contributed by atoms with E-state index >= 15 is 0 Å². The van der Waals surface area contributed by atoms with E-state index in [1.54, 1.807) is 0 Å². The number of hydrogen-bond donors (Lipinski definition) is 3. The van der Waals surface area contributed by atoms with Crippen LogP contribution in [0.2, 0.25) is 0 Å². The number of hydrogen-bond acceptors (Lipinski definition) is 8. The molecule has 0 radical (unpaired) electrons. The van der Waals surface area contributed by atoms with Gasteiger partial charge in [0.05, 0.1) is 18.0 Å². The van der Waals surface area contributed by atoms with Crippen molar-refractivity contribution in [3.8, 4) is 23.4 Å². The summed E-state index contributed by atoms with van der Waals surface area (Å²) in [6.07, 6.45) is 2.24. The molecule has 0 fully saturated rings. The number of phenols is 1. The van der Waals surface area contributed by atoms with Crippen molar-refractivity contribution in [3.05, 3.63) is 86.4 Å². The molecule has 1 atom stereocenters. The van der Waals surface area contributed by atoms with Crippen LogP contribution >= 0.6 is 0 Å². The quantitative estimate of drug-likeness (QED) is 0.367. The molecule has 0 saturated heterocycles. The fourth-order valence-electron chi connectivity index (χ4n) is 4.02. The summed E-state index contributed by atoms with van der Waals surface area (Å²) >= 11 is 0. The highest BCUT2D eigenvalue weighted by Crippen LogP contribution is 2.47. The molecule has 33 heavy (non-hydrogen) atoms. The Bertz CT molecular complexity index is 1280. The summed E-state index contributed by atoms with van der Waals surface area (Å²) in [5.74, 6) is -1.38. The summed E-state index contributed by atoms with van der Waals surface area (Å²) < 4.78 is 10.7. The van der Waals surface area contributed by atoms with Gasteiger partial charge in [-0.25, -0.2) is 0 Å². The molecule has 4 N–H and O–H groups in total. The first-order valence-electron chi connectivity index (χ1n) is 10.2. The predicted octanol–water partition coefficient (Wildman–Crippen LogP) is 3.43. The van der Waals surface area contributed by atoms with Gasteiger partial charge in [0, 0.05) is 17.3 Å². The molecule has 4 rings (SSSR count). The molecule has 10 heteroatoms. The third kappa shape index (κ3) is 4.04. The van der Waals surface area contributed by atoms with Crippen molar-refractivity contribution in [2.24, 2.45) is 5.73 Å². The lowest BCUT2D eigenvalue weighted by Crippen LogP contribution is -2.21. The van der Waals surface area contributed by atoms with Crippen LogP contribution in [0.5, 0.6) is 17.4 Å². The fourth-order valence-corrected chi connectivity index (χ4v) is 4.02. The number of H-pyrrole nitrogens is 1. The lowest BCUT2D eigenvalue weighted by atomic mass is 9.83. The number of aryl methyl sites for hydroxylation is 2. The van der Waals surface area contributed by atoms with E-state index in [-0.39, 0.29) is 23.1 Å². The number of aromatic hydroxyl groups is 1. The summed E-state index contributed by atoms with van der Waals surface area (Å²) in [6.45, 7) is 0. The molecule has 168 valence electrons. The SMILES string of the molecule is COc1cc(C2C(C#N)=C(N)Oc3n[nH]c(CCCc4ccccc4)c32)cc([N+](=O)[O-])c1O. The Labute approximate surface area is 189 Å². The lowest BCUT2D eigenvalue weighted by molar-refractivity contribution is -0.386. The van der Waals surface area contributed by atoms with Crippen LogP contribution in [-0.2, 0) is 12.8 Å². The first kappa shape index (κ1) is 21.7. The first-order valence-corrected chi connectivity index (χ1v) is 10.2. The van der Waals surface area contributed by atoms with Crippen LogP contribution in [0.15, 0.2) is 53.9 Å². The number of nitro groups is 1. The van der Waals surface area contributed by atoms with Crippen molar-refractivity contribution >= 4 is 5.69 Å². The van der Waals surface area contributed by atoms with Crippen molar-refractivity contribution in [1.82, 2.24) is 10.2 Å². The van der Waals surface area contributed by atoms with Gasteiger partial charge in [0.2, 0.25) is 17.5 Å². The van der Waals surface area contributed by atoms with E-state index in [4.69, 9.17) is 15.2 Å². The van der Waals surface area contributed by atoms with E-state index in [9.17, 15) is 20.5 Å². The number of fused-ring (bicyclic) bond motifs is 1. The molecular weight excluding hydrogens is 426 g/mol. The number of nitrogens with one attached hydrogen (secondary N) is 1. The molecule has 1 aliphatic rings. The normalized spacial score (nSPS) is 14.8. The maximum Gasteiger partial charge on any atom is 0.314 e. The van der Waals surface area contributed by atoms with Gasteiger partial charge >= 0.3 is 5.69 Å². The van der Waals surface area contributed by atoms with Crippen LogP contribution in [0.1, 0.15) is 34.7 Å². The van der Waals surface area contributed by atoms with Crippen molar-refractivity contribution in [2.75, 3.05) is 7.11 Å². The average molecular weight is 447 g/mol. The topological polar surface area (TPSA) is 160 Å². The Morgan fingerprint density at radius 1 is 1.33 bits per heavy atom. The second-order valence-electron chi connectivity index (χ2n) is 7.53. The minimum Gasteiger partial charge on any atom is -0.500 e. The summed E-state index contributed by atoms with van der Waals surface area (Å²) in [7, 11) is 1.29. The van der Waals surface area contributed by atoms with Crippen LogP contribution in [-0.4, -0.2) is 27.3 Å². The predicted molar refractivity (Wildman–Crippen MR) is 118 cm³/mol. The largest absolute Gasteiger partial charge is 0.500 e. The number of nitro benzene ring substituents is 1. The van der Waals surface area contributed by atoms with Gasteiger partial charge in [-0.3, -0.25) is 15.2 Å². The molecule has 1 unspecified atom stereocenters. The van der Waals surface area contributed by atoms with E-state index in [0.29, 0.717) is 17.5 Å². The number of benzene rings is 2. The van der Waals surface area contributed by atoms with E-state index < -0.39 is 22.3 Å². The number of nitriles is 1. The summed E-state index contributed by atoms with van der Waals surface area (Å²) in [6, 6.07) is 14.7. The molecular formula is C23H21N5O5. The van der Waals surface area contributed by atoms with E-state index in [0.717, 1.165) is 18.5 Å². The Kier molecular flexibility index (Phi) is 5.87. The summed E-state index contributed by atoms with van der Waals surface area (Å²) in [5, 5.41) is 38.7. The van der Waals surface area contributed by atoms with Gasteiger partial charge in [-0.05, 0) is 36.5 Å². The number of phenolic OH excluding ortho intramolecular Hbond substituents is 1. The number of rotatable bonds is 7. The second-order valence-corrected chi connectivity index (χ2v) is 7.53. The summed E-state index contributed by atoms with van der Waals surface area (Å²) in [4.78, 5) is 10.8. The molecule has 0 spiro atoms. The zero-order valence-corrected chi connectivity index (χ0v) is 17.7. The van der Waals surface area contributed by atoms with E-state index in [1.165, 1.54) is 24.8 Å². The molecule has 2 heterocycles. The van der Waals surface area contributed by atoms with Gasteiger partial charge in [-0.1, -0.05) is 30.3 Å². The first-order chi connectivity index (χ1) is 15.9. The van der Waals surface area contributed by atoms with Gasteiger partial charge in [-0.15, -0.1) is 5.10 Å². The minimum absolute atomic E-state index is 0.0859. The van der Waals surface area contributed by atoms with E-state index in [1.807, 2.05) is 30.3 Å². The maximum atomic E-state index is 11.5. The van der Waals surface area contributed by atoms with Crippen molar-refractivity contribution in [3.63, 3.8) is 0 Å². The van der Waals surface area contributed by atoms with Crippen LogP contribution in [0.4, 0.5) is 5.69 Å². The molecule has 1 aromatic heterocycles. The molecule has 10 nitrogen and oxygen atoms in total. The third-order valence-electron chi connectivity index (χ3n) is 5.58. The Morgan fingerprint density at radius 2 is 2.09 bits per heavy atom. The average Bonchev–Trinajstić information content (AvgIpc) is 3.21.